The van der Waals surface area contributed by atoms with Crippen molar-refractivity contribution in [3.8, 4) is 11.3 Å². The average Bonchev–Trinajstić information content (AvgIpc) is 3.19. The SMILES string of the molecule is O=C(Nc1nc(-c2cccc([N+](=O)[O-])c2)cs1)c1ccno1. The van der Waals surface area contributed by atoms with E-state index in [1.54, 1.807) is 17.5 Å². The number of nitro groups is 1. The Balaban J connectivity index is 1.80. The van der Waals surface area contributed by atoms with Gasteiger partial charge in [-0.1, -0.05) is 17.3 Å². The molecule has 110 valence electrons. The minimum absolute atomic E-state index is 0.0160. The molecule has 0 aliphatic rings. The Morgan fingerprint density at radius 1 is 1.36 bits per heavy atom. The predicted octanol–water partition coefficient (Wildman–Crippen LogP) is 2.96. The van der Waals surface area contributed by atoms with Crippen molar-refractivity contribution < 1.29 is 14.2 Å². The maximum Gasteiger partial charge on any atom is 0.296 e. The van der Waals surface area contributed by atoms with Crippen LogP contribution in [0.2, 0.25) is 0 Å². The molecule has 3 rings (SSSR count). The Labute approximate surface area is 127 Å². The van der Waals surface area contributed by atoms with Crippen molar-refractivity contribution >= 4 is 28.1 Å². The fourth-order valence-electron chi connectivity index (χ4n) is 1.73. The summed E-state index contributed by atoms with van der Waals surface area (Å²) >= 11 is 1.21. The third-order valence-corrected chi connectivity index (χ3v) is 3.50. The lowest BCUT2D eigenvalue weighted by atomic mass is 10.1. The van der Waals surface area contributed by atoms with Crippen LogP contribution >= 0.6 is 11.3 Å². The summed E-state index contributed by atoms with van der Waals surface area (Å²) in [5.74, 6) is -0.385. The van der Waals surface area contributed by atoms with E-state index in [0.29, 0.717) is 16.4 Å². The molecule has 0 bridgehead atoms. The van der Waals surface area contributed by atoms with Crippen molar-refractivity contribution in [1.82, 2.24) is 10.1 Å². The van der Waals surface area contributed by atoms with Crippen molar-refractivity contribution in [2.75, 3.05) is 5.32 Å². The van der Waals surface area contributed by atoms with E-state index in [1.807, 2.05) is 0 Å². The van der Waals surface area contributed by atoms with Gasteiger partial charge in [-0.25, -0.2) is 4.98 Å². The highest BCUT2D eigenvalue weighted by molar-refractivity contribution is 7.14. The number of rotatable bonds is 4. The minimum atomic E-state index is -0.470. The molecular weight excluding hydrogens is 308 g/mol. The molecule has 1 aromatic carbocycles. The molecule has 0 radical (unpaired) electrons. The van der Waals surface area contributed by atoms with Crippen LogP contribution in [0.5, 0.6) is 0 Å². The van der Waals surface area contributed by atoms with Gasteiger partial charge in [0.1, 0.15) is 0 Å². The molecule has 1 amide bonds. The Hall–Kier alpha value is -3.07. The van der Waals surface area contributed by atoms with Crippen molar-refractivity contribution in [2.45, 2.75) is 0 Å². The highest BCUT2D eigenvalue weighted by atomic mass is 32.1. The van der Waals surface area contributed by atoms with Crippen LogP contribution in [0.3, 0.4) is 0 Å². The van der Waals surface area contributed by atoms with Crippen molar-refractivity contribution in [2.24, 2.45) is 0 Å². The van der Waals surface area contributed by atoms with Crippen molar-refractivity contribution in [3.63, 3.8) is 0 Å². The number of nitro benzene ring substituents is 1. The second-order valence-corrected chi connectivity index (χ2v) is 5.03. The topological polar surface area (TPSA) is 111 Å². The summed E-state index contributed by atoms with van der Waals surface area (Å²) < 4.78 is 4.74. The lowest BCUT2D eigenvalue weighted by Crippen LogP contribution is -2.10. The lowest BCUT2D eigenvalue weighted by molar-refractivity contribution is -0.384. The number of non-ortho nitro benzene ring substituents is 1. The van der Waals surface area contributed by atoms with Crippen LogP contribution in [-0.4, -0.2) is 21.0 Å². The maximum absolute atomic E-state index is 11.8. The van der Waals surface area contributed by atoms with E-state index in [4.69, 9.17) is 4.52 Å². The van der Waals surface area contributed by atoms with Gasteiger partial charge in [-0.2, -0.15) is 0 Å². The number of benzene rings is 1. The fourth-order valence-corrected chi connectivity index (χ4v) is 2.45. The summed E-state index contributed by atoms with van der Waals surface area (Å²) in [6.07, 6.45) is 1.37. The summed E-state index contributed by atoms with van der Waals surface area (Å²) in [5.41, 5.74) is 1.13. The first-order valence-electron chi connectivity index (χ1n) is 6.06. The third-order valence-electron chi connectivity index (χ3n) is 2.74. The molecule has 2 heterocycles. The van der Waals surface area contributed by atoms with Gasteiger partial charge < -0.3 is 4.52 Å². The number of nitrogens with one attached hydrogen (secondary N) is 1. The normalized spacial score (nSPS) is 10.4. The first-order valence-corrected chi connectivity index (χ1v) is 6.94. The van der Waals surface area contributed by atoms with E-state index in [2.05, 4.69) is 15.5 Å². The zero-order valence-corrected chi connectivity index (χ0v) is 11.7. The Bertz CT molecular complexity index is 828. The lowest BCUT2D eigenvalue weighted by Gasteiger charge is -1.98. The average molecular weight is 316 g/mol. The summed E-state index contributed by atoms with van der Waals surface area (Å²) in [4.78, 5) is 26.3. The number of amides is 1. The number of carbonyl (C=O) groups is 1. The first-order chi connectivity index (χ1) is 10.6. The van der Waals surface area contributed by atoms with Crippen LogP contribution < -0.4 is 5.32 Å². The maximum atomic E-state index is 11.8. The smallest absolute Gasteiger partial charge is 0.296 e. The van der Waals surface area contributed by atoms with Gasteiger partial charge in [0.2, 0.25) is 5.76 Å². The first kappa shape index (κ1) is 13.9. The van der Waals surface area contributed by atoms with Crippen molar-refractivity contribution in [1.29, 1.82) is 0 Å². The van der Waals surface area contributed by atoms with Gasteiger partial charge in [-0.05, 0) is 0 Å². The zero-order valence-electron chi connectivity index (χ0n) is 10.9. The van der Waals surface area contributed by atoms with Gasteiger partial charge in [0, 0.05) is 29.1 Å². The molecule has 3 aromatic rings. The number of hydrogen-bond acceptors (Lipinski definition) is 7. The van der Waals surface area contributed by atoms with E-state index in [9.17, 15) is 14.9 Å². The standard InChI is InChI=1S/C13H8N4O4S/c18-12(11-4-5-14-21-11)16-13-15-10(7-22-13)8-2-1-3-9(6-8)17(19)20/h1-7H,(H,15,16,18). The zero-order chi connectivity index (χ0) is 15.5. The largest absolute Gasteiger partial charge is 0.351 e. The molecule has 0 saturated carbocycles. The highest BCUT2D eigenvalue weighted by Gasteiger charge is 2.14. The second-order valence-electron chi connectivity index (χ2n) is 4.18. The van der Waals surface area contributed by atoms with Gasteiger partial charge in [0.15, 0.2) is 5.13 Å². The third kappa shape index (κ3) is 2.83. The molecule has 1 N–H and O–H groups in total. The molecule has 0 saturated heterocycles. The molecule has 0 spiro atoms. The Morgan fingerprint density at radius 2 is 2.23 bits per heavy atom. The Kier molecular flexibility index (Phi) is 3.62. The molecule has 0 fully saturated rings. The quantitative estimate of drug-likeness (QED) is 0.585. The highest BCUT2D eigenvalue weighted by Crippen LogP contribution is 2.27. The van der Waals surface area contributed by atoms with Gasteiger partial charge >= 0.3 is 0 Å². The molecular formula is C13H8N4O4S. The fraction of sp³-hybridized carbons (Fsp3) is 0. The van der Waals surface area contributed by atoms with Crippen LogP contribution in [0.15, 0.2) is 46.4 Å². The number of thiazole rings is 1. The number of carbonyl (C=O) groups excluding carboxylic acids is 1. The van der Waals surface area contributed by atoms with Crippen LogP contribution in [0.1, 0.15) is 10.6 Å². The minimum Gasteiger partial charge on any atom is -0.351 e. The van der Waals surface area contributed by atoms with Gasteiger partial charge in [-0.3, -0.25) is 20.2 Å². The number of aromatic nitrogens is 2. The monoisotopic (exact) mass is 316 g/mol. The van der Waals surface area contributed by atoms with Crippen LogP contribution in [0.4, 0.5) is 10.8 Å². The molecule has 0 aliphatic carbocycles. The van der Waals surface area contributed by atoms with Gasteiger partial charge in [0.25, 0.3) is 11.6 Å². The molecule has 8 nitrogen and oxygen atoms in total. The van der Waals surface area contributed by atoms with Gasteiger partial charge in [-0.15, -0.1) is 11.3 Å². The molecule has 9 heteroatoms. The summed E-state index contributed by atoms with van der Waals surface area (Å²) in [6.45, 7) is 0. The van der Waals surface area contributed by atoms with Crippen LogP contribution in [-0.2, 0) is 0 Å². The van der Waals surface area contributed by atoms with E-state index in [1.165, 1.54) is 35.7 Å². The number of hydrogen-bond donors (Lipinski definition) is 1. The van der Waals surface area contributed by atoms with Gasteiger partial charge in [0.05, 0.1) is 16.8 Å². The summed E-state index contributed by atoms with van der Waals surface area (Å²) in [6, 6.07) is 7.56. The molecule has 0 unspecified atom stereocenters. The predicted molar refractivity (Wildman–Crippen MR) is 78.7 cm³/mol. The van der Waals surface area contributed by atoms with E-state index in [-0.39, 0.29) is 11.4 Å². The van der Waals surface area contributed by atoms with Crippen LogP contribution in [0, 0.1) is 10.1 Å². The number of anilines is 1. The summed E-state index contributed by atoms with van der Waals surface area (Å²) in [7, 11) is 0. The molecule has 0 aliphatic heterocycles. The molecule has 0 atom stereocenters. The van der Waals surface area contributed by atoms with Crippen LogP contribution in [0.25, 0.3) is 11.3 Å². The van der Waals surface area contributed by atoms with E-state index in [0.717, 1.165) is 0 Å². The molecule has 22 heavy (non-hydrogen) atoms. The van der Waals surface area contributed by atoms with E-state index < -0.39 is 10.8 Å². The summed E-state index contributed by atoms with van der Waals surface area (Å²) in [5, 5.41) is 18.9. The van der Waals surface area contributed by atoms with E-state index >= 15 is 0 Å². The molecule has 2 aromatic heterocycles. The van der Waals surface area contributed by atoms with Crippen molar-refractivity contribution in [3.05, 3.63) is 57.8 Å². The Morgan fingerprint density at radius 3 is 2.95 bits per heavy atom. The second kappa shape index (κ2) is 5.74. The number of nitrogens with zero attached hydrogens (tertiary/aromatic N) is 3.